The molecule has 0 aliphatic heterocycles. The first-order valence-corrected chi connectivity index (χ1v) is 7.87. The Morgan fingerprint density at radius 1 is 1.00 bits per heavy atom. The van der Waals surface area contributed by atoms with E-state index in [-0.39, 0.29) is 5.56 Å². The van der Waals surface area contributed by atoms with E-state index >= 15 is 0 Å². The summed E-state index contributed by atoms with van der Waals surface area (Å²) in [6.45, 7) is 0. The molecule has 0 aliphatic rings. The van der Waals surface area contributed by atoms with Crippen LogP contribution in [0.3, 0.4) is 0 Å². The van der Waals surface area contributed by atoms with E-state index in [2.05, 4.69) is 10.3 Å². The van der Waals surface area contributed by atoms with Crippen LogP contribution in [0.25, 0.3) is 11.1 Å². The van der Waals surface area contributed by atoms with Crippen LogP contribution in [0.4, 0.5) is 17.2 Å². The highest BCUT2D eigenvalue weighted by Gasteiger charge is 2.06. The summed E-state index contributed by atoms with van der Waals surface area (Å²) in [7, 11) is 3.99. The second-order valence-corrected chi connectivity index (χ2v) is 5.89. The lowest BCUT2D eigenvalue weighted by Crippen LogP contribution is -2.08. The van der Waals surface area contributed by atoms with Crippen molar-refractivity contribution in [2.75, 3.05) is 24.3 Å². The van der Waals surface area contributed by atoms with Crippen molar-refractivity contribution < 1.29 is 9.90 Å². The standard InChI is InChI=1S/C20H19N3O2/c1-23(2)18-8-4-7-17(12-18)22-19-10-9-16(13-21-19)14-5-3-6-15(11-14)20(24)25/h3-13H,1-2H3,(H,21,22)(H,24,25). The SMILES string of the molecule is CN(C)c1cccc(Nc2ccc(-c3cccc(C(=O)O)c3)cn2)c1. The molecule has 2 N–H and O–H groups in total. The number of nitrogens with zero attached hydrogens (tertiary/aromatic N) is 2. The lowest BCUT2D eigenvalue weighted by molar-refractivity contribution is 0.0697. The third-order valence-electron chi connectivity index (χ3n) is 3.84. The summed E-state index contributed by atoms with van der Waals surface area (Å²) in [4.78, 5) is 17.6. The molecule has 0 amide bonds. The monoisotopic (exact) mass is 333 g/mol. The molecule has 0 bridgehead atoms. The van der Waals surface area contributed by atoms with Gasteiger partial charge in [-0.1, -0.05) is 18.2 Å². The van der Waals surface area contributed by atoms with Crippen LogP contribution in [0.5, 0.6) is 0 Å². The molecule has 5 nitrogen and oxygen atoms in total. The van der Waals surface area contributed by atoms with E-state index < -0.39 is 5.97 Å². The first kappa shape index (κ1) is 16.5. The zero-order valence-electron chi connectivity index (χ0n) is 14.1. The number of hydrogen-bond acceptors (Lipinski definition) is 4. The van der Waals surface area contributed by atoms with Crippen LogP contribution in [0.1, 0.15) is 10.4 Å². The van der Waals surface area contributed by atoms with Crippen LogP contribution in [0.2, 0.25) is 0 Å². The van der Waals surface area contributed by atoms with Crippen molar-refractivity contribution in [3.63, 3.8) is 0 Å². The van der Waals surface area contributed by atoms with Crippen LogP contribution in [-0.2, 0) is 0 Å². The largest absolute Gasteiger partial charge is 0.478 e. The zero-order chi connectivity index (χ0) is 17.8. The van der Waals surface area contributed by atoms with Gasteiger partial charge in [0.05, 0.1) is 5.56 Å². The Bertz CT molecular complexity index is 889. The molecule has 25 heavy (non-hydrogen) atoms. The van der Waals surface area contributed by atoms with Crippen LogP contribution in [0, 0.1) is 0 Å². The van der Waals surface area contributed by atoms with Crippen molar-refractivity contribution >= 4 is 23.2 Å². The van der Waals surface area contributed by atoms with E-state index in [0.717, 1.165) is 28.3 Å². The van der Waals surface area contributed by atoms with E-state index in [4.69, 9.17) is 5.11 Å². The number of carboxylic acids is 1. The molecule has 0 fully saturated rings. The zero-order valence-corrected chi connectivity index (χ0v) is 14.1. The van der Waals surface area contributed by atoms with Gasteiger partial charge in [-0.15, -0.1) is 0 Å². The first-order chi connectivity index (χ1) is 12.0. The molecule has 0 atom stereocenters. The molecular weight excluding hydrogens is 314 g/mol. The van der Waals surface area contributed by atoms with Gasteiger partial charge >= 0.3 is 5.97 Å². The highest BCUT2D eigenvalue weighted by molar-refractivity contribution is 5.89. The molecule has 1 heterocycles. The van der Waals surface area contributed by atoms with Crippen LogP contribution < -0.4 is 10.2 Å². The molecule has 0 spiro atoms. The summed E-state index contributed by atoms with van der Waals surface area (Å²) in [6.07, 6.45) is 1.74. The second-order valence-electron chi connectivity index (χ2n) is 5.89. The van der Waals surface area contributed by atoms with Crippen molar-refractivity contribution in [3.8, 4) is 11.1 Å². The molecule has 5 heteroatoms. The number of anilines is 3. The average molecular weight is 333 g/mol. The molecule has 126 valence electrons. The number of benzene rings is 2. The van der Waals surface area contributed by atoms with Gasteiger partial charge in [-0.05, 0) is 48.0 Å². The fourth-order valence-corrected chi connectivity index (χ4v) is 2.48. The Hall–Kier alpha value is -3.34. The number of carbonyl (C=O) groups is 1. The lowest BCUT2D eigenvalue weighted by Gasteiger charge is -2.14. The first-order valence-electron chi connectivity index (χ1n) is 7.87. The minimum Gasteiger partial charge on any atom is -0.478 e. The third kappa shape index (κ3) is 3.95. The fourth-order valence-electron chi connectivity index (χ4n) is 2.48. The quantitative estimate of drug-likeness (QED) is 0.730. The van der Waals surface area contributed by atoms with Crippen molar-refractivity contribution in [3.05, 3.63) is 72.4 Å². The van der Waals surface area contributed by atoms with Gasteiger partial charge in [-0.25, -0.2) is 9.78 Å². The number of aromatic carboxylic acids is 1. The van der Waals surface area contributed by atoms with Gasteiger partial charge in [0.2, 0.25) is 0 Å². The molecule has 0 unspecified atom stereocenters. The van der Waals surface area contributed by atoms with E-state index in [9.17, 15) is 4.79 Å². The molecule has 3 aromatic rings. The molecular formula is C20H19N3O2. The summed E-state index contributed by atoms with van der Waals surface area (Å²) < 4.78 is 0. The van der Waals surface area contributed by atoms with Gasteiger partial charge in [-0.3, -0.25) is 0 Å². The molecule has 0 saturated heterocycles. The van der Waals surface area contributed by atoms with Crippen LogP contribution in [0.15, 0.2) is 66.9 Å². The van der Waals surface area contributed by atoms with Crippen molar-refractivity contribution in [2.45, 2.75) is 0 Å². The third-order valence-corrected chi connectivity index (χ3v) is 3.84. The van der Waals surface area contributed by atoms with Crippen molar-refractivity contribution in [2.24, 2.45) is 0 Å². The minimum atomic E-state index is -0.936. The Balaban J connectivity index is 1.80. The minimum absolute atomic E-state index is 0.264. The lowest BCUT2D eigenvalue weighted by atomic mass is 10.0. The summed E-state index contributed by atoms with van der Waals surface area (Å²) in [5.41, 5.74) is 4.02. The second kappa shape index (κ2) is 7.05. The molecule has 0 radical (unpaired) electrons. The maximum atomic E-state index is 11.1. The highest BCUT2D eigenvalue weighted by atomic mass is 16.4. The Kier molecular flexibility index (Phi) is 4.66. The molecule has 0 saturated carbocycles. The van der Waals surface area contributed by atoms with Gasteiger partial charge < -0.3 is 15.3 Å². The summed E-state index contributed by atoms with van der Waals surface area (Å²) in [6, 6.07) is 18.7. The number of hydrogen-bond donors (Lipinski definition) is 2. The number of aromatic nitrogens is 1. The normalized spacial score (nSPS) is 10.3. The predicted molar refractivity (Wildman–Crippen MR) is 101 cm³/mol. The van der Waals surface area contributed by atoms with E-state index in [1.165, 1.54) is 0 Å². The van der Waals surface area contributed by atoms with Crippen molar-refractivity contribution in [1.82, 2.24) is 4.98 Å². The predicted octanol–water partition coefficient (Wildman–Crippen LogP) is 4.26. The highest BCUT2D eigenvalue weighted by Crippen LogP contribution is 2.24. The van der Waals surface area contributed by atoms with E-state index in [1.54, 1.807) is 24.4 Å². The maximum absolute atomic E-state index is 11.1. The maximum Gasteiger partial charge on any atom is 0.335 e. The summed E-state index contributed by atoms with van der Waals surface area (Å²) in [5, 5.41) is 12.4. The molecule has 0 aliphatic carbocycles. The van der Waals surface area contributed by atoms with Gasteiger partial charge in [-0.2, -0.15) is 0 Å². The summed E-state index contributed by atoms with van der Waals surface area (Å²) >= 11 is 0. The fraction of sp³-hybridized carbons (Fsp3) is 0.100. The smallest absolute Gasteiger partial charge is 0.335 e. The number of carboxylic acid groups (broad SMARTS) is 1. The average Bonchev–Trinajstić information content (AvgIpc) is 2.62. The number of pyridine rings is 1. The van der Waals surface area contributed by atoms with E-state index in [1.807, 2.05) is 61.5 Å². The van der Waals surface area contributed by atoms with Crippen LogP contribution in [-0.4, -0.2) is 30.2 Å². The molecule has 1 aromatic heterocycles. The Morgan fingerprint density at radius 2 is 1.80 bits per heavy atom. The van der Waals surface area contributed by atoms with Gasteiger partial charge in [0.15, 0.2) is 0 Å². The number of rotatable bonds is 5. The van der Waals surface area contributed by atoms with Gasteiger partial charge in [0.1, 0.15) is 5.82 Å². The van der Waals surface area contributed by atoms with Crippen LogP contribution >= 0.6 is 0 Å². The van der Waals surface area contributed by atoms with E-state index in [0.29, 0.717) is 0 Å². The number of nitrogens with one attached hydrogen (secondary N) is 1. The van der Waals surface area contributed by atoms with Crippen molar-refractivity contribution in [1.29, 1.82) is 0 Å². The molecule has 3 rings (SSSR count). The Labute approximate surface area is 146 Å². The van der Waals surface area contributed by atoms with Gasteiger partial charge in [0, 0.05) is 37.2 Å². The van der Waals surface area contributed by atoms with Gasteiger partial charge in [0.25, 0.3) is 0 Å². The summed E-state index contributed by atoms with van der Waals surface area (Å²) in [5.74, 6) is -0.206. The Morgan fingerprint density at radius 3 is 2.48 bits per heavy atom. The topological polar surface area (TPSA) is 65.5 Å². The molecule has 2 aromatic carbocycles.